The van der Waals surface area contributed by atoms with Gasteiger partial charge in [-0.25, -0.2) is 4.79 Å². The molecule has 0 aliphatic heterocycles. The Morgan fingerprint density at radius 2 is 1.67 bits per heavy atom. The van der Waals surface area contributed by atoms with E-state index in [9.17, 15) is 24.3 Å². The molecule has 4 fully saturated rings. The van der Waals surface area contributed by atoms with Crippen LogP contribution in [0.3, 0.4) is 0 Å². The molecule has 8 atom stereocenters. The number of hydrogen-bond donors (Lipinski definition) is 3. The number of hydrogen-bond acceptors (Lipinski definition) is 6. The Bertz CT molecular complexity index is 1630. The number of rotatable bonds is 7. The van der Waals surface area contributed by atoms with Crippen molar-refractivity contribution in [3.8, 4) is 0 Å². The second-order valence-corrected chi connectivity index (χ2v) is 19.0. The number of amides is 2. The number of nitrogens with one attached hydrogen (secondary N) is 2. The Labute approximate surface area is 317 Å². The number of aliphatic carboxylic acids is 1. The Morgan fingerprint density at radius 3 is 2.27 bits per heavy atom. The summed E-state index contributed by atoms with van der Waals surface area (Å²) in [5.74, 6) is -0.168. The van der Waals surface area contributed by atoms with Crippen molar-refractivity contribution in [3.05, 3.63) is 23.5 Å². The van der Waals surface area contributed by atoms with Crippen molar-refractivity contribution in [3.63, 3.8) is 0 Å². The van der Waals surface area contributed by atoms with E-state index < -0.39 is 22.9 Å². The number of esters is 1. The van der Waals surface area contributed by atoms with Crippen molar-refractivity contribution >= 4 is 41.8 Å². The van der Waals surface area contributed by atoms with Crippen LogP contribution in [0.25, 0.3) is 0 Å². The molecule has 5 aliphatic rings. The minimum Gasteiger partial charge on any atom is -0.481 e. The maximum absolute atomic E-state index is 13.9. The number of carboxylic acid groups (broad SMARTS) is 1. The van der Waals surface area contributed by atoms with Gasteiger partial charge in [0, 0.05) is 25.1 Å². The van der Waals surface area contributed by atoms with Gasteiger partial charge in [0.1, 0.15) is 6.10 Å². The largest absolute Gasteiger partial charge is 0.481 e. The molecule has 0 radical (unpaired) electrons. The van der Waals surface area contributed by atoms with Gasteiger partial charge in [0.05, 0.1) is 29.3 Å². The highest BCUT2D eigenvalue weighted by Gasteiger charge is 2.70. The number of halogens is 1. The molecule has 0 spiro atoms. The third-order valence-electron chi connectivity index (χ3n) is 15.1. The van der Waals surface area contributed by atoms with E-state index in [2.05, 4.69) is 64.2 Å². The third-order valence-corrected chi connectivity index (χ3v) is 15.1. The van der Waals surface area contributed by atoms with Gasteiger partial charge in [0.25, 0.3) is 0 Å². The fraction of sp³-hybridized carbons (Fsp3) is 0.780. The standard InChI is InChI=1S/C40H60N4O6.CH4.ClH/c1-23(2)31-26(45)19-40(43-34(49)42-24-21-41-44(10)22-24)18-17-38(8)25(32(31)40)11-12-28-37(7)15-14-29(50-30(46)20-35(3,4)33(47)48)36(5,6)27(37)13-16-39(28,38)9;;/h21-23,25,27-29H,11-20H2,1-10H3,(H,47,48)(H2,42,43,49);1H4;1H/t25-,27?,28-,29+,37+,38-,39-,40-;;/m1../s1. The van der Waals surface area contributed by atoms with Gasteiger partial charge in [-0.2, -0.15) is 5.10 Å². The lowest BCUT2D eigenvalue weighted by atomic mass is 9.33. The van der Waals surface area contributed by atoms with E-state index in [1.54, 1.807) is 30.9 Å². The topological polar surface area (TPSA) is 140 Å². The molecule has 0 bridgehead atoms. The van der Waals surface area contributed by atoms with Gasteiger partial charge in [0.2, 0.25) is 0 Å². The van der Waals surface area contributed by atoms with Gasteiger partial charge >= 0.3 is 18.0 Å². The number of ether oxygens (including phenoxy) is 1. The highest BCUT2D eigenvalue weighted by molar-refractivity contribution is 6.03. The number of ketones is 1. The van der Waals surface area contributed by atoms with Gasteiger partial charge in [-0.1, -0.05) is 55.9 Å². The van der Waals surface area contributed by atoms with Crippen molar-refractivity contribution < 1.29 is 29.0 Å². The summed E-state index contributed by atoms with van der Waals surface area (Å²) in [5.41, 5.74) is 0.655. The molecule has 4 saturated carbocycles. The van der Waals surface area contributed by atoms with Crippen molar-refractivity contribution in [2.24, 2.45) is 57.8 Å². The average Bonchev–Trinajstić information content (AvgIpc) is 3.53. The van der Waals surface area contributed by atoms with Crippen LogP contribution in [-0.4, -0.2) is 50.3 Å². The summed E-state index contributed by atoms with van der Waals surface area (Å²) in [6, 6.07) is -0.295. The Morgan fingerprint density at radius 1 is 1.00 bits per heavy atom. The Hall–Kier alpha value is -2.88. The maximum atomic E-state index is 13.9. The number of aryl methyl sites for hydroxylation is 1. The molecule has 1 aromatic heterocycles. The summed E-state index contributed by atoms with van der Waals surface area (Å²) >= 11 is 0. The van der Waals surface area contributed by atoms with Crippen LogP contribution in [0, 0.1) is 50.7 Å². The van der Waals surface area contributed by atoms with E-state index in [0.717, 1.165) is 56.9 Å². The smallest absolute Gasteiger partial charge is 0.320 e. The number of fused-ring (bicyclic) bond motifs is 7. The molecule has 2 amide bonds. The molecule has 1 aromatic rings. The predicted octanol–water partition coefficient (Wildman–Crippen LogP) is 8.75. The fourth-order valence-electron chi connectivity index (χ4n) is 12.4. The normalized spacial score (nSPS) is 36.2. The first-order valence-electron chi connectivity index (χ1n) is 18.9. The summed E-state index contributed by atoms with van der Waals surface area (Å²) < 4.78 is 7.79. The van der Waals surface area contributed by atoms with Crippen LogP contribution in [-0.2, 0) is 26.2 Å². The number of aromatic nitrogens is 2. The van der Waals surface area contributed by atoms with Crippen molar-refractivity contribution in [2.45, 2.75) is 146 Å². The molecule has 11 heteroatoms. The Balaban J connectivity index is 0.00000302. The van der Waals surface area contributed by atoms with E-state index in [0.29, 0.717) is 23.9 Å². The lowest BCUT2D eigenvalue weighted by Gasteiger charge is -2.72. The molecule has 3 N–H and O–H groups in total. The van der Waals surface area contributed by atoms with E-state index in [1.807, 2.05) is 7.05 Å². The molecule has 6 rings (SSSR count). The van der Waals surface area contributed by atoms with Crippen molar-refractivity contribution in [1.82, 2.24) is 15.1 Å². The summed E-state index contributed by atoms with van der Waals surface area (Å²) in [5, 5.41) is 20.1. The molecule has 1 heterocycles. The van der Waals surface area contributed by atoms with E-state index in [-0.39, 0.29) is 77.7 Å². The van der Waals surface area contributed by atoms with E-state index >= 15 is 0 Å². The molecule has 0 saturated heterocycles. The quantitative estimate of drug-likeness (QED) is 0.237. The highest BCUT2D eigenvalue weighted by atomic mass is 35.5. The molecule has 5 aliphatic carbocycles. The molecule has 10 nitrogen and oxygen atoms in total. The van der Waals surface area contributed by atoms with Gasteiger partial charge in [-0.15, -0.1) is 12.4 Å². The number of carbonyl (C=O) groups excluding carboxylic acids is 3. The van der Waals surface area contributed by atoms with Crippen LogP contribution < -0.4 is 10.6 Å². The molecular formula is C41H65ClN4O6. The maximum Gasteiger partial charge on any atom is 0.320 e. The molecule has 1 unspecified atom stereocenters. The summed E-state index contributed by atoms with van der Waals surface area (Å²) in [7, 11) is 1.81. The summed E-state index contributed by atoms with van der Waals surface area (Å²) in [6.07, 6.45) is 10.8. The van der Waals surface area contributed by atoms with Gasteiger partial charge in [-0.05, 0) is 116 Å². The second-order valence-electron chi connectivity index (χ2n) is 19.0. The first-order valence-corrected chi connectivity index (χ1v) is 18.9. The number of anilines is 1. The molecular weight excluding hydrogens is 680 g/mol. The van der Waals surface area contributed by atoms with Crippen LogP contribution in [0.4, 0.5) is 10.5 Å². The first-order chi connectivity index (χ1) is 23.1. The number of Topliss-reactive ketones (excluding diaryl/α,β-unsaturated/α-hetero) is 1. The molecule has 52 heavy (non-hydrogen) atoms. The van der Waals surface area contributed by atoms with Crippen LogP contribution in [0.5, 0.6) is 0 Å². The predicted molar refractivity (Wildman–Crippen MR) is 205 cm³/mol. The van der Waals surface area contributed by atoms with Crippen LogP contribution in [0.1, 0.15) is 134 Å². The number of urea groups is 1. The van der Waals surface area contributed by atoms with Gasteiger partial charge < -0.3 is 20.5 Å². The molecule has 292 valence electrons. The second kappa shape index (κ2) is 13.8. The zero-order valence-corrected chi connectivity index (χ0v) is 33.2. The number of carbonyl (C=O) groups is 4. The number of allylic oxidation sites excluding steroid dienone is 1. The SMILES string of the molecule is C.CC(C)C1=C2[C@H]3CC[C@@H]4[C@@]5(C)CC[C@H](OC(=O)CC(C)(C)C(=O)O)C(C)(C)C5CC[C@@]4(C)[C@]3(C)CC[C@@]2(NC(=O)Nc2cnn(C)c2)CC1=O.Cl. The van der Waals surface area contributed by atoms with Crippen molar-refractivity contribution in [1.29, 1.82) is 0 Å². The third kappa shape index (κ3) is 6.30. The van der Waals surface area contributed by atoms with Crippen LogP contribution in [0.2, 0.25) is 0 Å². The monoisotopic (exact) mass is 744 g/mol. The molecule has 0 aromatic carbocycles. The minimum absolute atomic E-state index is 0. The first kappa shape index (κ1) is 41.9. The zero-order valence-electron chi connectivity index (χ0n) is 32.4. The fourth-order valence-corrected chi connectivity index (χ4v) is 12.4. The highest BCUT2D eigenvalue weighted by Crippen LogP contribution is 2.76. The van der Waals surface area contributed by atoms with E-state index in [1.165, 1.54) is 5.57 Å². The van der Waals surface area contributed by atoms with Crippen molar-refractivity contribution in [2.75, 3.05) is 5.32 Å². The number of carboxylic acids is 1. The minimum atomic E-state index is -1.17. The Kier molecular flexibility index (Phi) is 11.1. The lowest BCUT2D eigenvalue weighted by Crippen LogP contribution is -2.67. The number of nitrogens with zero attached hydrogens (tertiary/aromatic N) is 2. The van der Waals surface area contributed by atoms with Gasteiger partial charge in [-0.3, -0.25) is 19.1 Å². The van der Waals surface area contributed by atoms with Gasteiger partial charge in [0.15, 0.2) is 5.78 Å². The van der Waals surface area contributed by atoms with E-state index in [4.69, 9.17) is 4.74 Å². The summed E-state index contributed by atoms with van der Waals surface area (Å²) in [6.45, 7) is 19.4. The van der Waals surface area contributed by atoms with Crippen LogP contribution in [0.15, 0.2) is 23.5 Å². The summed E-state index contributed by atoms with van der Waals surface area (Å²) in [4.78, 5) is 52.2. The zero-order chi connectivity index (χ0) is 36.8. The van der Waals surface area contributed by atoms with Crippen LogP contribution >= 0.6 is 12.4 Å². The average molecular weight is 745 g/mol. The lowest BCUT2D eigenvalue weighted by molar-refractivity contribution is -0.232.